The van der Waals surface area contributed by atoms with E-state index in [1.54, 1.807) is 37.7 Å². The first-order chi connectivity index (χ1) is 19.4. The molecule has 1 atom stereocenters. The third kappa shape index (κ3) is 5.59. The minimum absolute atomic E-state index is 0.224. The monoisotopic (exact) mass is 574 g/mol. The van der Waals surface area contributed by atoms with E-state index in [0.29, 0.717) is 43.7 Å². The van der Waals surface area contributed by atoms with E-state index in [2.05, 4.69) is 4.99 Å². The summed E-state index contributed by atoms with van der Waals surface area (Å²) < 4.78 is 18.9. The lowest BCUT2D eigenvalue weighted by atomic mass is 9.96. The third-order valence-electron chi connectivity index (χ3n) is 6.43. The number of halogens is 1. The second kappa shape index (κ2) is 11.9. The number of esters is 1. The number of methoxy groups -OCH3 is 1. The number of carbonyl (C=O) groups excluding carboxylic acids is 1. The van der Waals surface area contributed by atoms with Crippen LogP contribution in [-0.4, -0.2) is 24.3 Å². The Morgan fingerprint density at radius 2 is 1.82 bits per heavy atom. The number of hydrogen-bond donors (Lipinski definition) is 0. The topological polar surface area (TPSA) is 79.1 Å². The lowest BCUT2D eigenvalue weighted by Gasteiger charge is -2.24. The summed E-state index contributed by atoms with van der Waals surface area (Å²) in [6.45, 7) is 4.07. The maximum absolute atomic E-state index is 13.8. The fourth-order valence-electron chi connectivity index (χ4n) is 4.53. The minimum atomic E-state index is -0.646. The molecule has 3 aromatic carbocycles. The number of aromatic nitrogens is 1. The maximum atomic E-state index is 13.8. The van der Waals surface area contributed by atoms with Gasteiger partial charge in [0.05, 0.1) is 35.6 Å². The van der Waals surface area contributed by atoms with Crippen molar-refractivity contribution >= 4 is 35.0 Å². The lowest BCUT2D eigenvalue weighted by molar-refractivity contribution is -0.139. The van der Waals surface area contributed by atoms with Crippen molar-refractivity contribution in [2.24, 2.45) is 4.99 Å². The van der Waals surface area contributed by atoms with Gasteiger partial charge in [-0.15, -0.1) is 0 Å². The van der Waals surface area contributed by atoms with Crippen LogP contribution >= 0.6 is 22.9 Å². The Bertz CT molecular complexity index is 1760. The van der Waals surface area contributed by atoms with E-state index in [-0.39, 0.29) is 12.2 Å². The van der Waals surface area contributed by atoms with E-state index in [9.17, 15) is 9.59 Å². The SMILES string of the molecule is CCOC(=O)C1=C(C)N=c2s/c(=C/c3ccc(OC)c(OCc4ccc(Cl)cc4)c3)c(=O)n2C1c1ccccc1. The molecule has 40 heavy (non-hydrogen) atoms. The zero-order chi connectivity index (χ0) is 28.2. The molecule has 204 valence electrons. The van der Waals surface area contributed by atoms with Crippen molar-refractivity contribution in [1.82, 2.24) is 4.57 Å². The van der Waals surface area contributed by atoms with Crippen LogP contribution in [0.5, 0.6) is 11.5 Å². The molecule has 0 bridgehead atoms. The first kappa shape index (κ1) is 27.4. The molecule has 2 heterocycles. The van der Waals surface area contributed by atoms with Gasteiger partial charge in [-0.25, -0.2) is 9.79 Å². The number of rotatable bonds is 8. The molecule has 0 fully saturated rings. The molecule has 0 saturated carbocycles. The standard InChI is InChI=1S/C31H27ClN2O5S/c1-4-38-30(36)27-19(2)33-31-34(28(27)22-8-6-5-7-9-22)29(35)26(40-31)17-21-12-15-24(37-3)25(16-21)39-18-20-10-13-23(32)14-11-20/h5-17,28H,4,18H2,1-3H3/b26-17+. The molecule has 0 radical (unpaired) electrons. The van der Waals surface area contributed by atoms with Crippen molar-refractivity contribution in [3.63, 3.8) is 0 Å². The number of nitrogens with zero attached hydrogens (tertiary/aromatic N) is 2. The number of ether oxygens (including phenoxy) is 3. The van der Waals surface area contributed by atoms with Gasteiger partial charge >= 0.3 is 5.97 Å². The Hall–Kier alpha value is -4.14. The fraction of sp³-hybridized carbons (Fsp3) is 0.194. The molecule has 1 aromatic heterocycles. The molecule has 0 spiro atoms. The van der Waals surface area contributed by atoms with E-state index in [1.807, 2.05) is 66.7 Å². The zero-order valence-corrected chi connectivity index (χ0v) is 23.8. The van der Waals surface area contributed by atoms with Crippen LogP contribution < -0.4 is 24.4 Å². The number of allylic oxidation sites excluding steroid dienone is 1. The van der Waals surface area contributed by atoms with E-state index in [4.69, 9.17) is 25.8 Å². The molecule has 1 unspecified atom stereocenters. The van der Waals surface area contributed by atoms with E-state index >= 15 is 0 Å². The summed E-state index contributed by atoms with van der Waals surface area (Å²) in [5, 5.41) is 0.656. The van der Waals surface area contributed by atoms with Gasteiger partial charge in [-0.3, -0.25) is 9.36 Å². The summed E-state index contributed by atoms with van der Waals surface area (Å²) in [5.41, 5.74) is 3.16. The van der Waals surface area contributed by atoms with Gasteiger partial charge in [-0.2, -0.15) is 0 Å². The molecule has 0 aliphatic carbocycles. The highest BCUT2D eigenvalue weighted by atomic mass is 35.5. The average molecular weight is 575 g/mol. The first-order valence-electron chi connectivity index (χ1n) is 12.7. The molecule has 7 nitrogen and oxygen atoms in total. The highest BCUT2D eigenvalue weighted by molar-refractivity contribution is 7.07. The van der Waals surface area contributed by atoms with Crippen LogP contribution in [0.4, 0.5) is 0 Å². The van der Waals surface area contributed by atoms with Gasteiger partial charge in [0, 0.05) is 5.02 Å². The number of thiazole rings is 1. The van der Waals surface area contributed by atoms with Gasteiger partial charge in [0.25, 0.3) is 5.56 Å². The summed E-state index contributed by atoms with van der Waals surface area (Å²) in [4.78, 5) is 32.0. The van der Waals surface area contributed by atoms with Gasteiger partial charge in [-0.05, 0) is 60.9 Å². The molecule has 1 aliphatic rings. The average Bonchev–Trinajstić information content (AvgIpc) is 3.26. The van der Waals surface area contributed by atoms with Gasteiger partial charge < -0.3 is 14.2 Å². The predicted octanol–water partition coefficient (Wildman–Crippen LogP) is 5.04. The van der Waals surface area contributed by atoms with Gasteiger partial charge in [0.15, 0.2) is 16.3 Å². The lowest BCUT2D eigenvalue weighted by Crippen LogP contribution is -2.39. The zero-order valence-electron chi connectivity index (χ0n) is 22.2. The normalized spacial score (nSPS) is 14.9. The van der Waals surface area contributed by atoms with Crippen molar-refractivity contribution in [3.05, 3.63) is 125 Å². The molecule has 0 N–H and O–H groups in total. The Morgan fingerprint density at radius 1 is 1.07 bits per heavy atom. The first-order valence-corrected chi connectivity index (χ1v) is 13.9. The van der Waals surface area contributed by atoms with Crippen LogP contribution in [0.3, 0.4) is 0 Å². The van der Waals surface area contributed by atoms with Crippen molar-refractivity contribution in [2.45, 2.75) is 26.5 Å². The van der Waals surface area contributed by atoms with Crippen LogP contribution in [-0.2, 0) is 16.1 Å². The van der Waals surface area contributed by atoms with Crippen LogP contribution in [0.1, 0.15) is 36.6 Å². The quantitative estimate of drug-likeness (QED) is 0.276. The van der Waals surface area contributed by atoms with Crippen LogP contribution in [0.15, 0.2) is 93.9 Å². The smallest absolute Gasteiger partial charge is 0.338 e. The number of fused-ring (bicyclic) bond motifs is 1. The van der Waals surface area contributed by atoms with Gasteiger partial charge in [-0.1, -0.05) is 71.5 Å². The summed E-state index contributed by atoms with van der Waals surface area (Å²) in [6, 6.07) is 21.7. The van der Waals surface area contributed by atoms with Crippen LogP contribution in [0, 0.1) is 0 Å². The molecular formula is C31H27ClN2O5S. The van der Waals surface area contributed by atoms with E-state index < -0.39 is 12.0 Å². The second-order valence-electron chi connectivity index (χ2n) is 9.04. The summed E-state index contributed by atoms with van der Waals surface area (Å²) in [5.74, 6) is 0.637. The Kier molecular flexibility index (Phi) is 8.19. The molecule has 1 aliphatic heterocycles. The number of hydrogen-bond acceptors (Lipinski definition) is 7. The number of benzene rings is 3. The second-order valence-corrected chi connectivity index (χ2v) is 10.5. The molecule has 0 amide bonds. The molecule has 5 rings (SSSR count). The van der Waals surface area contributed by atoms with Gasteiger partial charge in [0.2, 0.25) is 0 Å². The van der Waals surface area contributed by atoms with Crippen molar-refractivity contribution in [1.29, 1.82) is 0 Å². The summed E-state index contributed by atoms with van der Waals surface area (Å²) in [6.07, 6.45) is 1.80. The Morgan fingerprint density at radius 3 is 2.52 bits per heavy atom. The fourth-order valence-corrected chi connectivity index (χ4v) is 5.70. The predicted molar refractivity (Wildman–Crippen MR) is 156 cm³/mol. The molecule has 0 saturated heterocycles. The molecule has 4 aromatic rings. The molecular weight excluding hydrogens is 548 g/mol. The molecule has 9 heteroatoms. The maximum Gasteiger partial charge on any atom is 0.338 e. The third-order valence-corrected chi connectivity index (χ3v) is 7.66. The highest BCUT2D eigenvalue weighted by Crippen LogP contribution is 2.31. The van der Waals surface area contributed by atoms with Crippen LogP contribution in [0.25, 0.3) is 6.08 Å². The highest BCUT2D eigenvalue weighted by Gasteiger charge is 2.33. The number of carbonyl (C=O) groups is 1. The van der Waals surface area contributed by atoms with E-state index in [0.717, 1.165) is 16.7 Å². The Balaban J connectivity index is 1.56. The van der Waals surface area contributed by atoms with Crippen molar-refractivity contribution in [3.8, 4) is 11.5 Å². The Labute approximate surface area is 240 Å². The van der Waals surface area contributed by atoms with Crippen molar-refractivity contribution in [2.75, 3.05) is 13.7 Å². The minimum Gasteiger partial charge on any atom is -0.493 e. The van der Waals surface area contributed by atoms with Crippen molar-refractivity contribution < 1.29 is 19.0 Å². The van der Waals surface area contributed by atoms with Crippen LogP contribution in [0.2, 0.25) is 5.02 Å². The van der Waals surface area contributed by atoms with E-state index in [1.165, 1.54) is 11.3 Å². The largest absolute Gasteiger partial charge is 0.493 e. The van der Waals surface area contributed by atoms with Gasteiger partial charge in [0.1, 0.15) is 6.61 Å². The summed E-state index contributed by atoms with van der Waals surface area (Å²) in [7, 11) is 1.58. The summed E-state index contributed by atoms with van der Waals surface area (Å²) >= 11 is 7.26.